The summed E-state index contributed by atoms with van der Waals surface area (Å²) in [5, 5.41) is 16.6. The molecule has 0 aliphatic carbocycles. The Balaban J connectivity index is 2.40. The lowest BCUT2D eigenvalue weighted by Crippen LogP contribution is -2.16. The summed E-state index contributed by atoms with van der Waals surface area (Å²) in [4.78, 5) is 10.0. The van der Waals surface area contributed by atoms with Gasteiger partial charge in [0.2, 0.25) is 0 Å². The van der Waals surface area contributed by atoms with Crippen molar-refractivity contribution in [2.45, 2.75) is 13.1 Å². The Morgan fingerprint density at radius 3 is 2.77 bits per heavy atom. The van der Waals surface area contributed by atoms with Crippen LogP contribution in [0, 0.1) is 10.1 Å². The van der Waals surface area contributed by atoms with Gasteiger partial charge in [0, 0.05) is 12.1 Å². The zero-order chi connectivity index (χ0) is 9.42. The van der Waals surface area contributed by atoms with Crippen LogP contribution in [-0.4, -0.2) is 11.1 Å². The van der Waals surface area contributed by atoms with E-state index >= 15 is 0 Å². The fourth-order valence-electron chi connectivity index (χ4n) is 1.39. The summed E-state index contributed by atoms with van der Waals surface area (Å²) < 4.78 is 0. The first-order chi connectivity index (χ1) is 6.16. The normalized spacial score (nSPS) is 18.7. The van der Waals surface area contributed by atoms with Gasteiger partial charge in [0.1, 0.15) is 0 Å². The average molecular weight is 179 g/mol. The van der Waals surface area contributed by atoms with Crippen LogP contribution in [0.5, 0.6) is 0 Å². The summed E-state index contributed by atoms with van der Waals surface area (Å²) in [5.74, 6) is 0. The van der Waals surface area contributed by atoms with Gasteiger partial charge in [0.05, 0.1) is 22.5 Å². The van der Waals surface area contributed by atoms with Gasteiger partial charge < -0.3 is 10.6 Å². The number of anilines is 2. The van der Waals surface area contributed by atoms with E-state index in [2.05, 4.69) is 10.6 Å². The number of hydrogen-bond donors (Lipinski definition) is 2. The highest BCUT2D eigenvalue weighted by Gasteiger charge is 2.18. The molecule has 0 saturated heterocycles. The number of nitro benzene ring substituents is 1. The lowest BCUT2D eigenvalue weighted by Gasteiger charge is -2.01. The largest absolute Gasteiger partial charge is 0.364 e. The minimum Gasteiger partial charge on any atom is -0.364 e. The highest BCUT2D eigenvalue weighted by molar-refractivity contribution is 5.76. The number of rotatable bonds is 1. The molecule has 5 heteroatoms. The second-order valence-corrected chi connectivity index (χ2v) is 3.00. The predicted molar refractivity (Wildman–Crippen MR) is 49.8 cm³/mol. The molecule has 1 aromatic carbocycles. The summed E-state index contributed by atoms with van der Waals surface area (Å²) in [6.45, 7) is 1.95. The minimum absolute atomic E-state index is 0.113. The van der Waals surface area contributed by atoms with E-state index in [1.54, 1.807) is 6.07 Å². The van der Waals surface area contributed by atoms with E-state index in [4.69, 9.17) is 0 Å². The number of hydrogen-bond acceptors (Lipinski definition) is 4. The third-order valence-electron chi connectivity index (χ3n) is 1.96. The Labute approximate surface area is 74.9 Å². The lowest BCUT2D eigenvalue weighted by atomic mass is 10.2. The van der Waals surface area contributed by atoms with Crippen LogP contribution >= 0.6 is 0 Å². The van der Waals surface area contributed by atoms with E-state index in [-0.39, 0.29) is 11.9 Å². The first-order valence-electron chi connectivity index (χ1n) is 3.98. The van der Waals surface area contributed by atoms with Crippen molar-refractivity contribution in [1.29, 1.82) is 0 Å². The summed E-state index contributed by atoms with van der Waals surface area (Å²) in [6, 6.07) is 4.74. The van der Waals surface area contributed by atoms with Gasteiger partial charge in [-0.1, -0.05) is 0 Å². The van der Waals surface area contributed by atoms with Crippen LogP contribution in [-0.2, 0) is 0 Å². The number of nitrogens with one attached hydrogen (secondary N) is 2. The molecule has 0 aromatic heterocycles. The van der Waals surface area contributed by atoms with Crippen LogP contribution in [0.4, 0.5) is 17.1 Å². The van der Waals surface area contributed by atoms with Crippen LogP contribution in [0.15, 0.2) is 18.2 Å². The van der Waals surface area contributed by atoms with E-state index in [9.17, 15) is 10.1 Å². The topological polar surface area (TPSA) is 67.2 Å². The number of benzene rings is 1. The van der Waals surface area contributed by atoms with Crippen molar-refractivity contribution >= 4 is 17.1 Å². The molecule has 2 N–H and O–H groups in total. The van der Waals surface area contributed by atoms with Gasteiger partial charge in [-0.15, -0.1) is 0 Å². The van der Waals surface area contributed by atoms with Crippen LogP contribution in [0.2, 0.25) is 0 Å². The van der Waals surface area contributed by atoms with E-state index in [0.29, 0.717) is 0 Å². The zero-order valence-corrected chi connectivity index (χ0v) is 7.07. The van der Waals surface area contributed by atoms with Gasteiger partial charge in [-0.3, -0.25) is 10.1 Å². The molecule has 1 unspecified atom stereocenters. The van der Waals surface area contributed by atoms with E-state index in [1.807, 2.05) is 6.92 Å². The predicted octanol–water partition coefficient (Wildman–Crippen LogP) is 1.78. The van der Waals surface area contributed by atoms with Crippen LogP contribution in [0.1, 0.15) is 6.92 Å². The summed E-state index contributed by atoms with van der Waals surface area (Å²) in [5.41, 5.74) is 1.82. The second kappa shape index (κ2) is 2.62. The van der Waals surface area contributed by atoms with E-state index in [0.717, 1.165) is 11.4 Å². The molecule has 0 saturated carbocycles. The van der Waals surface area contributed by atoms with Crippen LogP contribution in [0.25, 0.3) is 0 Å². The third-order valence-corrected chi connectivity index (χ3v) is 1.96. The molecule has 1 aromatic rings. The van der Waals surface area contributed by atoms with Gasteiger partial charge in [-0.2, -0.15) is 0 Å². The van der Waals surface area contributed by atoms with Crippen LogP contribution < -0.4 is 10.6 Å². The first kappa shape index (κ1) is 7.85. The third kappa shape index (κ3) is 1.28. The van der Waals surface area contributed by atoms with Crippen molar-refractivity contribution in [3.8, 4) is 0 Å². The quantitative estimate of drug-likeness (QED) is 0.509. The highest BCUT2D eigenvalue weighted by Crippen LogP contribution is 2.31. The molecular formula is C8H9N3O2. The molecule has 5 nitrogen and oxygen atoms in total. The first-order valence-corrected chi connectivity index (χ1v) is 3.98. The second-order valence-electron chi connectivity index (χ2n) is 3.00. The van der Waals surface area contributed by atoms with Gasteiger partial charge >= 0.3 is 0 Å². The SMILES string of the molecule is CC1Nc2ccc([N+](=O)[O-])cc2N1. The Bertz CT molecular complexity index is 364. The van der Waals surface area contributed by atoms with E-state index in [1.165, 1.54) is 12.1 Å². The van der Waals surface area contributed by atoms with Crippen molar-refractivity contribution in [2.75, 3.05) is 10.6 Å². The maximum atomic E-state index is 10.4. The van der Waals surface area contributed by atoms with Crippen molar-refractivity contribution in [3.63, 3.8) is 0 Å². The smallest absolute Gasteiger partial charge is 0.271 e. The summed E-state index contributed by atoms with van der Waals surface area (Å²) in [6.07, 6.45) is 0.136. The Kier molecular flexibility index (Phi) is 1.58. The van der Waals surface area contributed by atoms with Gasteiger partial charge in [0.25, 0.3) is 5.69 Å². The minimum atomic E-state index is -0.398. The van der Waals surface area contributed by atoms with Gasteiger partial charge in [-0.25, -0.2) is 0 Å². The molecule has 0 fully saturated rings. The molecule has 0 amide bonds. The van der Waals surface area contributed by atoms with Crippen molar-refractivity contribution in [3.05, 3.63) is 28.3 Å². The number of nitro groups is 1. The zero-order valence-electron chi connectivity index (χ0n) is 7.07. The maximum Gasteiger partial charge on any atom is 0.271 e. The number of fused-ring (bicyclic) bond motifs is 1. The molecule has 13 heavy (non-hydrogen) atoms. The van der Waals surface area contributed by atoms with Crippen molar-refractivity contribution in [2.24, 2.45) is 0 Å². The van der Waals surface area contributed by atoms with Crippen molar-refractivity contribution in [1.82, 2.24) is 0 Å². The Morgan fingerprint density at radius 2 is 2.08 bits per heavy atom. The molecule has 0 bridgehead atoms. The molecule has 68 valence electrons. The Hall–Kier alpha value is -1.78. The van der Waals surface area contributed by atoms with Crippen LogP contribution in [0.3, 0.4) is 0 Å². The number of nitrogens with zero attached hydrogens (tertiary/aromatic N) is 1. The average Bonchev–Trinajstić information content (AvgIpc) is 2.42. The molecule has 0 radical (unpaired) electrons. The fourth-order valence-corrected chi connectivity index (χ4v) is 1.39. The number of non-ortho nitro benzene ring substituents is 1. The monoisotopic (exact) mass is 179 g/mol. The fraction of sp³-hybridized carbons (Fsp3) is 0.250. The molecule has 0 spiro atoms. The standard InChI is InChI=1S/C8H9N3O2/c1-5-9-7-3-2-6(11(12)13)4-8(7)10-5/h2-5,9-10H,1H3. The summed E-state index contributed by atoms with van der Waals surface area (Å²) in [7, 11) is 0. The molecule has 1 aliphatic heterocycles. The molecule has 2 rings (SSSR count). The van der Waals surface area contributed by atoms with Gasteiger partial charge in [-0.05, 0) is 13.0 Å². The van der Waals surface area contributed by atoms with Crippen molar-refractivity contribution < 1.29 is 4.92 Å². The maximum absolute atomic E-state index is 10.4. The summed E-state index contributed by atoms with van der Waals surface area (Å²) >= 11 is 0. The van der Waals surface area contributed by atoms with Gasteiger partial charge in [0.15, 0.2) is 0 Å². The molecule has 1 heterocycles. The Morgan fingerprint density at radius 1 is 1.38 bits per heavy atom. The lowest BCUT2D eigenvalue weighted by molar-refractivity contribution is -0.384. The highest BCUT2D eigenvalue weighted by atomic mass is 16.6. The molecular weight excluding hydrogens is 170 g/mol. The molecule has 1 aliphatic rings. The van der Waals surface area contributed by atoms with E-state index < -0.39 is 4.92 Å². The molecule has 1 atom stereocenters.